The number of rotatable bonds is 3. The van der Waals surface area contributed by atoms with Crippen LogP contribution in [0.2, 0.25) is 0 Å². The smallest absolute Gasteiger partial charge is 0.314 e. The lowest BCUT2D eigenvalue weighted by molar-refractivity contribution is -0.139. The highest BCUT2D eigenvalue weighted by Crippen LogP contribution is 2.33. The van der Waals surface area contributed by atoms with E-state index < -0.39 is 6.03 Å². The van der Waals surface area contributed by atoms with E-state index in [1.165, 1.54) is 24.1 Å². The number of nitrogens with two attached hydrogens (primary N) is 1. The molecular formula is C13H16FN3O2. The SMILES string of the molecule is CN(CC(=O)N1CCC1c1ccc(F)cc1)C(N)=O. The Morgan fingerprint density at radius 3 is 2.53 bits per heavy atom. The number of carbonyl (C=O) groups excluding carboxylic acids is 2. The molecule has 1 atom stereocenters. The molecule has 0 bridgehead atoms. The molecule has 0 spiro atoms. The van der Waals surface area contributed by atoms with Gasteiger partial charge in [0.2, 0.25) is 5.91 Å². The number of benzene rings is 1. The predicted molar refractivity (Wildman–Crippen MR) is 67.7 cm³/mol. The maximum absolute atomic E-state index is 12.9. The summed E-state index contributed by atoms with van der Waals surface area (Å²) in [5, 5.41) is 0. The second kappa shape index (κ2) is 5.26. The van der Waals surface area contributed by atoms with Crippen LogP contribution in [0.1, 0.15) is 18.0 Å². The van der Waals surface area contributed by atoms with Gasteiger partial charge >= 0.3 is 6.03 Å². The average Bonchev–Trinajstić information content (AvgIpc) is 2.30. The minimum Gasteiger partial charge on any atom is -0.351 e. The summed E-state index contributed by atoms with van der Waals surface area (Å²) in [6, 6.07) is 5.45. The normalized spacial score (nSPS) is 17.8. The van der Waals surface area contributed by atoms with Crippen molar-refractivity contribution >= 4 is 11.9 Å². The number of likely N-dealkylation sites (tertiary alicyclic amines) is 1. The van der Waals surface area contributed by atoms with Crippen LogP contribution in [-0.2, 0) is 4.79 Å². The van der Waals surface area contributed by atoms with E-state index in [4.69, 9.17) is 5.73 Å². The summed E-state index contributed by atoms with van der Waals surface area (Å²) in [5.41, 5.74) is 5.99. The van der Waals surface area contributed by atoms with Gasteiger partial charge < -0.3 is 15.5 Å². The number of likely N-dealkylation sites (N-methyl/N-ethyl adjacent to an activating group) is 1. The Bertz CT molecular complexity index is 489. The molecule has 0 radical (unpaired) electrons. The molecule has 5 nitrogen and oxygen atoms in total. The molecule has 0 aromatic heterocycles. The van der Waals surface area contributed by atoms with Crippen LogP contribution in [0.5, 0.6) is 0 Å². The second-order valence-electron chi connectivity index (χ2n) is 4.64. The van der Waals surface area contributed by atoms with Gasteiger partial charge in [0, 0.05) is 13.6 Å². The maximum Gasteiger partial charge on any atom is 0.314 e. The fourth-order valence-corrected chi connectivity index (χ4v) is 2.09. The summed E-state index contributed by atoms with van der Waals surface area (Å²) in [6.45, 7) is 0.612. The Kier molecular flexibility index (Phi) is 3.69. The zero-order valence-electron chi connectivity index (χ0n) is 10.7. The van der Waals surface area contributed by atoms with Gasteiger partial charge in [0.05, 0.1) is 6.04 Å². The molecule has 19 heavy (non-hydrogen) atoms. The molecule has 1 unspecified atom stereocenters. The molecular weight excluding hydrogens is 249 g/mol. The molecule has 1 aliphatic heterocycles. The standard InChI is InChI=1S/C13H16FN3O2/c1-16(13(15)19)8-12(18)17-7-6-11(17)9-2-4-10(14)5-3-9/h2-5,11H,6-8H2,1H3,(H2,15,19). The van der Waals surface area contributed by atoms with Gasteiger partial charge in [-0.3, -0.25) is 4.79 Å². The Labute approximate surface area is 110 Å². The van der Waals surface area contributed by atoms with Gasteiger partial charge in [-0.05, 0) is 24.1 Å². The molecule has 102 valence electrons. The molecule has 2 rings (SSSR count). The molecule has 1 aromatic rings. The quantitative estimate of drug-likeness (QED) is 0.889. The third-order valence-corrected chi connectivity index (χ3v) is 3.34. The number of amides is 3. The zero-order chi connectivity index (χ0) is 14.0. The van der Waals surface area contributed by atoms with Crippen molar-refractivity contribution in [1.82, 2.24) is 9.80 Å². The molecule has 1 fully saturated rings. The number of hydrogen-bond acceptors (Lipinski definition) is 2. The Morgan fingerprint density at radius 2 is 2.05 bits per heavy atom. The van der Waals surface area contributed by atoms with Crippen LogP contribution in [-0.4, -0.2) is 41.9 Å². The monoisotopic (exact) mass is 265 g/mol. The summed E-state index contributed by atoms with van der Waals surface area (Å²) >= 11 is 0. The number of nitrogens with zero attached hydrogens (tertiary/aromatic N) is 2. The van der Waals surface area contributed by atoms with E-state index >= 15 is 0 Å². The molecule has 1 heterocycles. The van der Waals surface area contributed by atoms with E-state index in [0.29, 0.717) is 6.54 Å². The van der Waals surface area contributed by atoms with Crippen molar-refractivity contribution < 1.29 is 14.0 Å². The van der Waals surface area contributed by atoms with Gasteiger partial charge in [-0.2, -0.15) is 0 Å². The first-order valence-electron chi connectivity index (χ1n) is 6.04. The Hall–Kier alpha value is -2.11. The van der Waals surface area contributed by atoms with Crippen LogP contribution in [0.3, 0.4) is 0 Å². The molecule has 0 saturated carbocycles. The second-order valence-corrected chi connectivity index (χ2v) is 4.64. The maximum atomic E-state index is 12.9. The van der Waals surface area contributed by atoms with Crippen molar-refractivity contribution in [3.63, 3.8) is 0 Å². The Morgan fingerprint density at radius 1 is 1.42 bits per heavy atom. The molecule has 0 aliphatic carbocycles. The van der Waals surface area contributed by atoms with Crippen LogP contribution in [0.25, 0.3) is 0 Å². The van der Waals surface area contributed by atoms with Crippen molar-refractivity contribution in [2.24, 2.45) is 5.73 Å². The molecule has 1 aromatic carbocycles. The largest absolute Gasteiger partial charge is 0.351 e. The average molecular weight is 265 g/mol. The Balaban J connectivity index is 2.00. The highest BCUT2D eigenvalue weighted by molar-refractivity contribution is 5.84. The van der Waals surface area contributed by atoms with E-state index in [1.807, 2.05) is 0 Å². The molecule has 1 saturated heterocycles. The van der Waals surface area contributed by atoms with Crippen molar-refractivity contribution in [2.75, 3.05) is 20.1 Å². The predicted octanol–water partition coefficient (Wildman–Crippen LogP) is 1.11. The first kappa shape index (κ1) is 13.3. The van der Waals surface area contributed by atoms with Crippen LogP contribution < -0.4 is 5.73 Å². The van der Waals surface area contributed by atoms with Crippen LogP contribution in [0, 0.1) is 5.82 Å². The van der Waals surface area contributed by atoms with E-state index in [2.05, 4.69) is 0 Å². The van der Waals surface area contributed by atoms with Gasteiger partial charge in [0.1, 0.15) is 12.4 Å². The van der Waals surface area contributed by atoms with E-state index in [-0.39, 0.29) is 24.3 Å². The summed E-state index contributed by atoms with van der Waals surface area (Å²) in [4.78, 5) is 25.7. The summed E-state index contributed by atoms with van der Waals surface area (Å²) < 4.78 is 12.9. The van der Waals surface area contributed by atoms with E-state index in [1.54, 1.807) is 17.0 Å². The van der Waals surface area contributed by atoms with Gasteiger partial charge in [0.25, 0.3) is 0 Å². The van der Waals surface area contributed by atoms with E-state index in [0.717, 1.165) is 12.0 Å². The lowest BCUT2D eigenvalue weighted by atomic mass is 9.94. The van der Waals surface area contributed by atoms with Gasteiger partial charge in [-0.25, -0.2) is 9.18 Å². The third-order valence-electron chi connectivity index (χ3n) is 3.34. The lowest BCUT2D eigenvalue weighted by Crippen LogP contribution is -2.50. The summed E-state index contributed by atoms with van der Waals surface area (Å²) in [6.07, 6.45) is 0.845. The van der Waals surface area contributed by atoms with Crippen molar-refractivity contribution in [2.45, 2.75) is 12.5 Å². The fourth-order valence-electron chi connectivity index (χ4n) is 2.09. The van der Waals surface area contributed by atoms with Crippen molar-refractivity contribution in [3.05, 3.63) is 35.6 Å². The number of halogens is 1. The topological polar surface area (TPSA) is 66.6 Å². The molecule has 1 aliphatic rings. The first-order chi connectivity index (χ1) is 8.99. The van der Waals surface area contributed by atoms with Gasteiger partial charge in [0.15, 0.2) is 0 Å². The van der Waals surface area contributed by atoms with Crippen LogP contribution >= 0.6 is 0 Å². The number of primary amides is 1. The first-order valence-corrected chi connectivity index (χ1v) is 6.04. The minimum absolute atomic E-state index is 0.0330. The number of hydrogen-bond donors (Lipinski definition) is 1. The highest BCUT2D eigenvalue weighted by atomic mass is 19.1. The molecule has 6 heteroatoms. The van der Waals surface area contributed by atoms with Crippen LogP contribution in [0.4, 0.5) is 9.18 Å². The molecule has 3 amide bonds. The number of urea groups is 1. The van der Waals surface area contributed by atoms with E-state index in [9.17, 15) is 14.0 Å². The lowest BCUT2D eigenvalue weighted by Gasteiger charge is -2.42. The number of carbonyl (C=O) groups is 2. The summed E-state index contributed by atoms with van der Waals surface area (Å²) in [5.74, 6) is -0.448. The van der Waals surface area contributed by atoms with Gasteiger partial charge in [-0.1, -0.05) is 12.1 Å². The molecule has 2 N–H and O–H groups in total. The minimum atomic E-state index is -0.632. The zero-order valence-corrected chi connectivity index (χ0v) is 10.7. The fraction of sp³-hybridized carbons (Fsp3) is 0.385. The highest BCUT2D eigenvalue weighted by Gasteiger charge is 2.33. The van der Waals surface area contributed by atoms with Crippen molar-refractivity contribution in [3.8, 4) is 0 Å². The van der Waals surface area contributed by atoms with Crippen molar-refractivity contribution in [1.29, 1.82) is 0 Å². The van der Waals surface area contributed by atoms with Gasteiger partial charge in [-0.15, -0.1) is 0 Å². The summed E-state index contributed by atoms with van der Waals surface area (Å²) in [7, 11) is 1.48. The third kappa shape index (κ3) is 2.83. The van der Waals surface area contributed by atoms with Crippen LogP contribution in [0.15, 0.2) is 24.3 Å².